The minimum absolute atomic E-state index is 0.109. The summed E-state index contributed by atoms with van der Waals surface area (Å²) >= 11 is 0. The maximum Gasteiger partial charge on any atom is 0.407 e. The van der Waals surface area contributed by atoms with Crippen molar-refractivity contribution in [3.63, 3.8) is 0 Å². The third-order valence-corrected chi connectivity index (χ3v) is 12.0. The van der Waals surface area contributed by atoms with Gasteiger partial charge in [0, 0.05) is 35.8 Å². The van der Waals surface area contributed by atoms with E-state index in [1.165, 1.54) is 14.2 Å². The molecule has 4 amide bonds. The van der Waals surface area contributed by atoms with Gasteiger partial charge in [-0.25, -0.2) is 14.6 Å². The molecule has 0 radical (unpaired) electrons. The molecule has 0 spiro atoms. The van der Waals surface area contributed by atoms with Gasteiger partial charge in [0.1, 0.15) is 17.9 Å². The lowest BCUT2D eigenvalue weighted by atomic mass is 9.97. The number of carbonyl (C=O) groups excluding carboxylic acids is 4. The van der Waals surface area contributed by atoms with Crippen LogP contribution in [-0.2, 0) is 19.1 Å². The maximum atomic E-state index is 13.9. The Morgan fingerprint density at radius 1 is 0.763 bits per heavy atom. The summed E-state index contributed by atoms with van der Waals surface area (Å²) in [6.07, 6.45) is 4.27. The Kier molecular flexibility index (Phi) is 12.1. The number of aromatic amines is 2. The molecule has 2 fully saturated rings. The number of hydrogen-bond acceptors (Lipinski definition) is 8. The molecule has 2 aliphatic rings. The van der Waals surface area contributed by atoms with Crippen molar-refractivity contribution in [3.8, 4) is 22.4 Å². The van der Waals surface area contributed by atoms with Crippen LogP contribution in [0.25, 0.3) is 44.1 Å². The zero-order chi connectivity index (χ0) is 42.0. The van der Waals surface area contributed by atoms with Crippen molar-refractivity contribution in [1.29, 1.82) is 0 Å². The number of amides is 4. The molecule has 5 aromatic rings. The predicted molar refractivity (Wildman–Crippen MR) is 225 cm³/mol. The van der Waals surface area contributed by atoms with Crippen LogP contribution < -0.4 is 16.1 Å². The topological polar surface area (TPSA) is 179 Å². The molecule has 4 heterocycles. The zero-order valence-corrected chi connectivity index (χ0v) is 34.5. The summed E-state index contributed by atoms with van der Waals surface area (Å²) < 4.78 is 9.58. The van der Waals surface area contributed by atoms with Crippen LogP contribution in [0.5, 0.6) is 0 Å². The molecule has 4 N–H and O–H groups in total. The Morgan fingerprint density at radius 2 is 1.34 bits per heavy atom. The molecular formula is C45H53N7O7. The van der Waals surface area contributed by atoms with E-state index in [-0.39, 0.29) is 41.2 Å². The number of benzene rings is 3. The van der Waals surface area contributed by atoms with Crippen LogP contribution >= 0.6 is 0 Å². The van der Waals surface area contributed by atoms with E-state index in [9.17, 15) is 24.0 Å². The normalized spacial score (nSPS) is 18.2. The molecule has 1 unspecified atom stereocenters. The number of methoxy groups -OCH3 is 2. The van der Waals surface area contributed by atoms with E-state index in [4.69, 9.17) is 14.5 Å². The number of nitrogens with zero attached hydrogens (tertiary/aromatic N) is 3. The van der Waals surface area contributed by atoms with E-state index >= 15 is 0 Å². The number of likely N-dealkylation sites (tertiary alicyclic amines) is 2. The number of fused-ring (bicyclic) bond motifs is 2. The molecule has 14 heteroatoms. The van der Waals surface area contributed by atoms with Crippen LogP contribution in [0.4, 0.5) is 9.59 Å². The van der Waals surface area contributed by atoms with E-state index < -0.39 is 24.3 Å². The number of imidazole rings is 1. The van der Waals surface area contributed by atoms with E-state index in [2.05, 4.69) is 50.9 Å². The highest BCUT2D eigenvalue weighted by Crippen LogP contribution is 2.36. The van der Waals surface area contributed by atoms with Gasteiger partial charge in [-0.15, -0.1) is 0 Å². The highest BCUT2D eigenvalue weighted by Gasteiger charge is 2.39. The third kappa shape index (κ3) is 8.39. The molecule has 0 saturated carbocycles. The number of alkyl carbamates (subject to hydrolysis) is 2. The number of rotatable bonds is 11. The monoisotopic (exact) mass is 803 g/mol. The van der Waals surface area contributed by atoms with Crippen LogP contribution in [-0.4, -0.2) is 88.1 Å². The van der Waals surface area contributed by atoms with Crippen LogP contribution in [0.3, 0.4) is 0 Å². The summed E-state index contributed by atoms with van der Waals surface area (Å²) in [5.41, 5.74) is 4.94. The Labute approximate surface area is 343 Å². The summed E-state index contributed by atoms with van der Waals surface area (Å²) in [5, 5.41) is 8.06. The van der Waals surface area contributed by atoms with Crippen LogP contribution in [0.2, 0.25) is 0 Å². The summed E-state index contributed by atoms with van der Waals surface area (Å²) in [5.74, 6) is 0.137. The van der Waals surface area contributed by atoms with Gasteiger partial charge in [0.15, 0.2) is 5.43 Å². The Hall–Kier alpha value is -6.18. The van der Waals surface area contributed by atoms with E-state index in [0.717, 1.165) is 52.4 Å². The summed E-state index contributed by atoms with van der Waals surface area (Å²) in [4.78, 5) is 80.3. The van der Waals surface area contributed by atoms with Crippen molar-refractivity contribution in [2.24, 2.45) is 11.8 Å². The minimum atomic E-state index is -0.741. The Morgan fingerprint density at radius 3 is 2.00 bits per heavy atom. The molecule has 0 aliphatic carbocycles. The van der Waals surface area contributed by atoms with E-state index in [1.807, 2.05) is 52.0 Å². The lowest BCUT2D eigenvalue weighted by Crippen LogP contribution is -2.51. The van der Waals surface area contributed by atoms with Crippen molar-refractivity contribution in [2.45, 2.75) is 84.0 Å². The number of aromatic nitrogens is 3. The SMILES string of the molecule is CC[C@H](C)[C@H](NC(=O)OC)C(=O)N1CCCC1c1cc(=O)c2ccc(-c3ccc4cc(-c5cnc([C@@H]6CCCN6C(=O)[C@@H](NC(=O)OC)C(C)C)[nH]5)ccc4c3)cc2[nH]1. The quantitative estimate of drug-likeness (QED) is 0.108. The van der Waals surface area contributed by atoms with Crippen molar-refractivity contribution >= 4 is 45.7 Å². The summed E-state index contributed by atoms with van der Waals surface area (Å²) in [6, 6.07) is 17.8. The Bertz CT molecular complexity index is 2440. The molecule has 2 aromatic heterocycles. The van der Waals surface area contributed by atoms with Gasteiger partial charge in [-0.2, -0.15) is 0 Å². The average molecular weight is 804 g/mol. The molecule has 7 rings (SSSR count). The van der Waals surface area contributed by atoms with Crippen LogP contribution in [0.1, 0.15) is 83.4 Å². The third-order valence-electron chi connectivity index (χ3n) is 12.0. The molecular weight excluding hydrogens is 751 g/mol. The lowest BCUT2D eigenvalue weighted by molar-refractivity contribution is -0.136. The first kappa shape index (κ1) is 41.0. The first-order chi connectivity index (χ1) is 28.4. The number of pyridine rings is 1. The van der Waals surface area contributed by atoms with Gasteiger partial charge in [0.25, 0.3) is 0 Å². The second-order valence-electron chi connectivity index (χ2n) is 16.0. The van der Waals surface area contributed by atoms with Gasteiger partial charge in [-0.1, -0.05) is 64.4 Å². The van der Waals surface area contributed by atoms with Gasteiger partial charge < -0.3 is 39.9 Å². The van der Waals surface area contributed by atoms with Crippen LogP contribution in [0, 0.1) is 11.8 Å². The standard InChI is InChI=1S/C45H53N7O7/c1-7-26(4)40(50-45(57)59-6)43(55)51-18-8-10-36(51)34-23-38(53)32-17-16-30(22-33(32)47-34)28-12-13-29-21-31(15-14-27(29)20-28)35-24-46-41(48-35)37-11-9-19-52(37)42(54)39(25(2)3)49-44(56)58-5/h12-17,20-26,36-37,39-40H,7-11,18-19H2,1-6H3,(H,46,48)(H,47,53)(H,49,56)(H,50,57)/t26-,36?,37-,39-,40-/m0/s1. The largest absolute Gasteiger partial charge is 0.453 e. The zero-order valence-electron chi connectivity index (χ0n) is 34.5. The molecule has 0 bridgehead atoms. The lowest BCUT2D eigenvalue weighted by Gasteiger charge is -2.31. The molecule has 59 heavy (non-hydrogen) atoms. The number of H-pyrrole nitrogens is 2. The van der Waals surface area contributed by atoms with Gasteiger partial charge >= 0.3 is 12.2 Å². The first-order valence-electron chi connectivity index (χ1n) is 20.5. The fourth-order valence-corrected chi connectivity index (χ4v) is 8.47. The molecule has 2 aliphatic heterocycles. The second-order valence-corrected chi connectivity index (χ2v) is 16.0. The van der Waals surface area contributed by atoms with Gasteiger partial charge in [0.05, 0.1) is 43.7 Å². The van der Waals surface area contributed by atoms with Crippen molar-refractivity contribution in [1.82, 2.24) is 35.4 Å². The fourth-order valence-electron chi connectivity index (χ4n) is 8.47. The molecule has 14 nitrogen and oxygen atoms in total. The number of nitrogens with one attached hydrogen (secondary N) is 4. The van der Waals surface area contributed by atoms with Crippen LogP contribution in [0.15, 0.2) is 71.7 Å². The predicted octanol–water partition coefficient (Wildman–Crippen LogP) is 7.22. The number of ether oxygens (including phenoxy) is 2. The first-order valence-corrected chi connectivity index (χ1v) is 20.5. The summed E-state index contributed by atoms with van der Waals surface area (Å²) in [6.45, 7) is 8.80. The summed E-state index contributed by atoms with van der Waals surface area (Å²) in [7, 11) is 2.56. The maximum absolute atomic E-state index is 13.9. The molecule has 2 saturated heterocycles. The van der Waals surface area contributed by atoms with Gasteiger partial charge in [-0.3, -0.25) is 14.4 Å². The molecule has 5 atom stereocenters. The van der Waals surface area contributed by atoms with Crippen molar-refractivity contribution < 1.29 is 28.7 Å². The minimum Gasteiger partial charge on any atom is -0.453 e. The Balaban J connectivity index is 1.11. The highest BCUT2D eigenvalue weighted by molar-refractivity contribution is 5.92. The van der Waals surface area contributed by atoms with Crippen molar-refractivity contribution in [3.05, 3.63) is 88.6 Å². The second kappa shape index (κ2) is 17.4. The van der Waals surface area contributed by atoms with Crippen molar-refractivity contribution in [2.75, 3.05) is 27.3 Å². The number of hydrogen-bond donors (Lipinski definition) is 4. The fraction of sp³-hybridized carbons (Fsp3) is 0.422. The highest BCUT2D eigenvalue weighted by atomic mass is 16.5. The smallest absolute Gasteiger partial charge is 0.407 e. The van der Waals surface area contributed by atoms with Gasteiger partial charge in [0.2, 0.25) is 11.8 Å². The van der Waals surface area contributed by atoms with Gasteiger partial charge in [-0.05, 0) is 83.7 Å². The average Bonchev–Trinajstić information content (AvgIpc) is 4.05. The molecule has 310 valence electrons. The molecule has 3 aromatic carbocycles. The number of carbonyl (C=O) groups is 4. The van der Waals surface area contributed by atoms with E-state index in [0.29, 0.717) is 48.4 Å². The van der Waals surface area contributed by atoms with E-state index in [1.54, 1.807) is 22.1 Å².